The quantitative estimate of drug-likeness (QED) is 0.306. The summed E-state index contributed by atoms with van der Waals surface area (Å²) < 4.78 is 31.7. The van der Waals surface area contributed by atoms with Crippen LogP contribution in [0.15, 0.2) is 84.0 Å². The van der Waals surface area contributed by atoms with E-state index in [1.165, 1.54) is 16.9 Å². The Hall–Kier alpha value is -4.18. The summed E-state index contributed by atoms with van der Waals surface area (Å²) in [6.45, 7) is 1.78. The lowest BCUT2D eigenvalue weighted by atomic mass is 10.1. The Kier molecular flexibility index (Phi) is 9.32. The lowest BCUT2D eigenvalue weighted by Crippen LogP contribution is -2.38. The molecule has 0 aliphatic carbocycles. The molecule has 1 N–H and O–H groups in total. The Labute approximate surface area is 229 Å². The zero-order valence-electron chi connectivity index (χ0n) is 21.8. The van der Waals surface area contributed by atoms with Crippen molar-refractivity contribution in [2.24, 2.45) is 5.10 Å². The van der Waals surface area contributed by atoms with Crippen molar-refractivity contribution in [3.05, 3.63) is 95.6 Å². The number of amides is 2. The van der Waals surface area contributed by atoms with Gasteiger partial charge in [-0.25, -0.2) is 13.8 Å². The van der Waals surface area contributed by atoms with Gasteiger partial charge in [-0.1, -0.05) is 30.3 Å². The van der Waals surface area contributed by atoms with E-state index < -0.39 is 15.9 Å². The molecule has 1 saturated heterocycles. The van der Waals surface area contributed by atoms with Crippen LogP contribution < -0.4 is 14.5 Å². The number of anilines is 1. The molecular formula is C29H32N4O5S. The van der Waals surface area contributed by atoms with E-state index in [9.17, 15) is 18.0 Å². The smallest absolute Gasteiger partial charge is 0.271 e. The summed E-state index contributed by atoms with van der Waals surface area (Å²) in [6.07, 6.45) is 5.90. The van der Waals surface area contributed by atoms with Gasteiger partial charge in [-0.3, -0.25) is 13.9 Å². The predicted molar refractivity (Wildman–Crippen MR) is 151 cm³/mol. The number of hydrogen-bond acceptors (Lipinski definition) is 6. The summed E-state index contributed by atoms with van der Waals surface area (Å²) in [6, 6.07) is 22.6. The molecule has 1 heterocycles. The average molecular weight is 549 g/mol. The van der Waals surface area contributed by atoms with E-state index in [4.69, 9.17) is 4.74 Å². The van der Waals surface area contributed by atoms with Gasteiger partial charge < -0.3 is 9.64 Å². The van der Waals surface area contributed by atoms with E-state index in [-0.39, 0.29) is 19.1 Å². The molecule has 0 spiro atoms. The molecule has 1 aliphatic heterocycles. The van der Waals surface area contributed by atoms with Crippen molar-refractivity contribution in [1.29, 1.82) is 0 Å². The fraction of sp³-hybridized carbons (Fsp3) is 0.276. The third kappa shape index (κ3) is 8.15. The molecule has 0 aromatic heterocycles. The van der Waals surface area contributed by atoms with Gasteiger partial charge in [0.2, 0.25) is 10.0 Å². The minimum atomic E-state index is -3.53. The predicted octanol–water partition coefficient (Wildman–Crippen LogP) is 3.81. The van der Waals surface area contributed by atoms with Crippen molar-refractivity contribution >= 4 is 33.7 Å². The molecule has 0 unspecified atom stereocenters. The number of piperidine rings is 1. The van der Waals surface area contributed by atoms with Gasteiger partial charge in [0.1, 0.15) is 5.75 Å². The molecule has 1 aliphatic rings. The number of hydrazone groups is 1. The molecule has 3 aromatic carbocycles. The van der Waals surface area contributed by atoms with Crippen LogP contribution in [0.3, 0.4) is 0 Å². The topological polar surface area (TPSA) is 108 Å². The number of sulfonamides is 1. The van der Waals surface area contributed by atoms with Crippen LogP contribution in [0.1, 0.15) is 40.7 Å². The van der Waals surface area contributed by atoms with Crippen LogP contribution in [0.25, 0.3) is 0 Å². The number of hydrogen-bond donors (Lipinski definition) is 1. The van der Waals surface area contributed by atoms with Crippen molar-refractivity contribution in [3.8, 4) is 5.75 Å². The van der Waals surface area contributed by atoms with Crippen LogP contribution >= 0.6 is 0 Å². The number of likely N-dealkylation sites (tertiary alicyclic amines) is 1. The van der Waals surface area contributed by atoms with Gasteiger partial charge in [-0.2, -0.15) is 5.10 Å². The van der Waals surface area contributed by atoms with Gasteiger partial charge in [-0.15, -0.1) is 0 Å². The first-order valence-corrected chi connectivity index (χ1v) is 14.6. The summed E-state index contributed by atoms with van der Waals surface area (Å²) in [5.41, 5.74) is 4.87. The second kappa shape index (κ2) is 13.1. The molecule has 0 radical (unpaired) electrons. The molecule has 0 saturated carbocycles. The van der Waals surface area contributed by atoms with Crippen molar-refractivity contribution in [2.75, 3.05) is 30.3 Å². The second-order valence-electron chi connectivity index (χ2n) is 9.30. The number of carbonyl (C=O) groups is 2. The molecule has 2 amide bonds. The minimum Gasteiger partial charge on any atom is -0.484 e. The minimum absolute atomic E-state index is 0.00342. The zero-order valence-corrected chi connectivity index (χ0v) is 22.6. The van der Waals surface area contributed by atoms with Crippen LogP contribution in [-0.4, -0.2) is 57.3 Å². The van der Waals surface area contributed by atoms with E-state index in [1.54, 1.807) is 48.5 Å². The van der Waals surface area contributed by atoms with Gasteiger partial charge in [0, 0.05) is 18.7 Å². The zero-order chi connectivity index (χ0) is 27.7. The maximum atomic E-state index is 12.5. The molecule has 0 bridgehead atoms. The van der Waals surface area contributed by atoms with Crippen molar-refractivity contribution in [1.82, 2.24) is 10.3 Å². The lowest BCUT2D eigenvalue weighted by molar-refractivity contribution is -0.134. The first-order valence-electron chi connectivity index (χ1n) is 12.8. The number of rotatable bonds is 10. The maximum absolute atomic E-state index is 12.5. The highest BCUT2D eigenvalue weighted by Gasteiger charge is 2.19. The molecule has 4 rings (SSSR count). The maximum Gasteiger partial charge on any atom is 0.271 e. The molecule has 39 heavy (non-hydrogen) atoms. The summed E-state index contributed by atoms with van der Waals surface area (Å²) in [7, 11) is -3.53. The Morgan fingerprint density at radius 2 is 1.62 bits per heavy atom. The Morgan fingerprint density at radius 3 is 2.26 bits per heavy atom. The fourth-order valence-electron chi connectivity index (χ4n) is 4.19. The molecule has 1 fully saturated rings. The van der Waals surface area contributed by atoms with E-state index >= 15 is 0 Å². The van der Waals surface area contributed by atoms with Gasteiger partial charge >= 0.3 is 0 Å². The highest BCUT2D eigenvalue weighted by atomic mass is 32.2. The third-order valence-electron chi connectivity index (χ3n) is 6.32. The van der Waals surface area contributed by atoms with Crippen LogP contribution in [0, 0.1) is 0 Å². The third-order valence-corrected chi connectivity index (χ3v) is 7.46. The lowest BCUT2D eigenvalue weighted by Gasteiger charge is -2.26. The summed E-state index contributed by atoms with van der Waals surface area (Å²) in [5, 5.41) is 4.00. The van der Waals surface area contributed by atoms with E-state index in [2.05, 4.69) is 10.5 Å². The molecule has 9 nitrogen and oxygen atoms in total. The number of nitrogens with zero attached hydrogens (tertiary/aromatic N) is 3. The van der Waals surface area contributed by atoms with E-state index in [0.29, 0.717) is 17.0 Å². The number of ether oxygens (including phenoxy) is 1. The average Bonchev–Trinajstić information content (AvgIpc) is 2.96. The molecule has 0 atom stereocenters. The van der Waals surface area contributed by atoms with Gasteiger partial charge in [0.25, 0.3) is 11.8 Å². The van der Waals surface area contributed by atoms with Gasteiger partial charge in [-0.05, 0) is 78.9 Å². The van der Waals surface area contributed by atoms with Crippen molar-refractivity contribution in [3.63, 3.8) is 0 Å². The number of nitrogens with one attached hydrogen (secondary N) is 1. The summed E-state index contributed by atoms with van der Waals surface area (Å²) in [5.74, 6) is 0.149. The first-order chi connectivity index (χ1) is 18.8. The normalized spacial score (nSPS) is 13.7. The van der Waals surface area contributed by atoms with Crippen LogP contribution in [0.4, 0.5) is 5.69 Å². The van der Waals surface area contributed by atoms with Crippen LogP contribution in [-0.2, 0) is 21.4 Å². The van der Waals surface area contributed by atoms with Crippen LogP contribution in [0.5, 0.6) is 5.75 Å². The highest BCUT2D eigenvalue weighted by molar-refractivity contribution is 7.92. The number of benzene rings is 3. The SMILES string of the molecule is CS(=O)(=O)N(Cc1ccccc1)c1ccc(C(=O)N/N=C\c2ccc(OCC(=O)N3CCCCC3)cc2)cc1. The Morgan fingerprint density at radius 1 is 0.949 bits per heavy atom. The Bertz CT molecular complexity index is 1390. The molecule has 3 aromatic rings. The van der Waals surface area contributed by atoms with Gasteiger partial charge in [0.05, 0.1) is 24.7 Å². The second-order valence-corrected chi connectivity index (χ2v) is 11.2. The van der Waals surface area contributed by atoms with Crippen LogP contribution in [0.2, 0.25) is 0 Å². The fourth-order valence-corrected chi connectivity index (χ4v) is 5.08. The molecular weight excluding hydrogens is 516 g/mol. The van der Waals surface area contributed by atoms with Gasteiger partial charge in [0.15, 0.2) is 6.61 Å². The largest absolute Gasteiger partial charge is 0.484 e. The Balaban J connectivity index is 1.29. The number of carbonyl (C=O) groups excluding carboxylic acids is 2. The summed E-state index contributed by atoms with van der Waals surface area (Å²) in [4.78, 5) is 26.6. The summed E-state index contributed by atoms with van der Waals surface area (Å²) >= 11 is 0. The van der Waals surface area contributed by atoms with E-state index in [1.807, 2.05) is 35.2 Å². The van der Waals surface area contributed by atoms with E-state index in [0.717, 1.165) is 43.3 Å². The molecule has 10 heteroatoms. The monoisotopic (exact) mass is 548 g/mol. The van der Waals surface area contributed by atoms with Crippen molar-refractivity contribution < 1.29 is 22.7 Å². The van der Waals surface area contributed by atoms with Crippen molar-refractivity contribution in [2.45, 2.75) is 25.8 Å². The highest BCUT2D eigenvalue weighted by Crippen LogP contribution is 2.21. The molecule has 204 valence electrons. The standard InChI is InChI=1S/C29H32N4O5S/c1-39(36,37)33(21-24-8-4-2-5-9-24)26-14-12-25(13-15-26)29(35)31-30-20-23-10-16-27(17-11-23)38-22-28(34)32-18-6-3-7-19-32/h2,4-5,8-17,20H,3,6-7,18-19,21-22H2,1H3,(H,31,35)/b30-20-. The first kappa shape index (κ1) is 27.8.